The van der Waals surface area contributed by atoms with E-state index in [9.17, 15) is 4.79 Å². The monoisotopic (exact) mass is 234 g/mol. The Morgan fingerprint density at radius 1 is 0.944 bits per heavy atom. The van der Waals surface area contributed by atoms with Gasteiger partial charge in [-0.05, 0) is 24.3 Å². The Labute approximate surface area is 104 Å². The summed E-state index contributed by atoms with van der Waals surface area (Å²) in [5.74, 6) is -0.0262. The van der Waals surface area contributed by atoms with E-state index in [0.717, 1.165) is 10.9 Å². The van der Waals surface area contributed by atoms with Crippen LogP contribution in [0.25, 0.3) is 10.9 Å². The maximum absolute atomic E-state index is 12.4. The van der Waals surface area contributed by atoms with Crippen molar-refractivity contribution >= 4 is 16.7 Å². The van der Waals surface area contributed by atoms with Crippen molar-refractivity contribution < 1.29 is 4.79 Å². The third-order valence-electron chi connectivity index (χ3n) is 2.81. The lowest BCUT2D eigenvalue weighted by Crippen LogP contribution is -2.02. The predicted molar refractivity (Wildman–Crippen MR) is 69.4 cm³/mol. The lowest BCUT2D eigenvalue weighted by molar-refractivity contribution is 0.104. The molecular formula is C15H10N2O. The Morgan fingerprint density at radius 3 is 2.67 bits per heavy atom. The molecule has 0 spiro atoms. The van der Waals surface area contributed by atoms with E-state index in [1.807, 2.05) is 30.3 Å². The number of rotatable bonds is 2. The molecule has 2 aromatic heterocycles. The molecule has 0 aliphatic carbocycles. The van der Waals surface area contributed by atoms with E-state index >= 15 is 0 Å². The number of hydrogen-bond donors (Lipinski definition) is 0. The summed E-state index contributed by atoms with van der Waals surface area (Å²) in [5.41, 5.74) is 2.08. The molecule has 86 valence electrons. The molecule has 0 aliphatic heterocycles. The van der Waals surface area contributed by atoms with Gasteiger partial charge in [-0.2, -0.15) is 0 Å². The van der Waals surface area contributed by atoms with Gasteiger partial charge in [-0.3, -0.25) is 14.8 Å². The molecule has 3 rings (SSSR count). The summed E-state index contributed by atoms with van der Waals surface area (Å²) in [6.07, 6.45) is 4.96. The maximum atomic E-state index is 12.4. The van der Waals surface area contributed by atoms with Gasteiger partial charge in [-0.25, -0.2) is 0 Å². The SMILES string of the molecule is O=C(c1cccnc1)c1cccc2ncccc12. The first-order valence-corrected chi connectivity index (χ1v) is 5.65. The Balaban J connectivity index is 2.18. The fourth-order valence-corrected chi connectivity index (χ4v) is 1.95. The molecule has 3 nitrogen and oxygen atoms in total. The lowest BCUT2D eigenvalue weighted by atomic mass is 10.0. The standard InChI is InChI=1S/C15H10N2O/c18-15(11-4-2-8-16-10-11)13-5-1-7-14-12(13)6-3-9-17-14/h1-10H. The minimum atomic E-state index is -0.0262. The highest BCUT2D eigenvalue weighted by atomic mass is 16.1. The van der Waals surface area contributed by atoms with Crippen LogP contribution in [0.3, 0.4) is 0 Å². The summed E-state index contributed by atoms with van der Waals surface area (Å²) in [4.78, 5) is 20.6. The van der Waals surface area contributed by atoms with Crippen molar-refractivity contribution in [2.45, 2.75) is 0 Å². The van der Waals surface area contributed by atoms with Crippen LogP contribution in [0.4, 0.5) is 0 Å². The number of aromatic nitrogens is 2. The van der Waals surface area contributed by atoms with Crippen LogP contribution in [0, 0.1) is 0 Å². The Kier molecular flexibility index (Phi) is 2.57. The number of pyridine rings is 2. The second-order valence-electron chi connectivity index (χ2n) is 3.95. The second kappa shape index (κ2) is 4.37. The number of benzene rings is 1. The number of carbonyl (C=O) groups excluding carboxylic acids is 1. The molecule has 0 saturated heterocycles. The van der Waals surface area contributed by atoms with Crippen LogP contribution in [0.5, 0.6) is 0 Å². The van der Waals surface area contributed by atoms with Crippen LogP contribution in [-0.4, -0.2) is 15.8 Å². The van der Waals surface area contributed by atoms with Gasteiger partial charge in [-0.1, -0.05) is 18.2 Å². The molecule has 0 fully saturated rings. The summed E-state index contributed by atoms with van der Waals surface area (Å²) in [6, 6.07) is 12.8. The summed E-state index contributed by atoms with van der Waals surface area (Å²) in [5, 5.41) is 0.869. The van der Waals surface area contributed by atoms with E-state index in [0.29, 0.717) is 11.1 Å². The van der Waals surface area contributed by atoms with E-state index in [1.165, 1.54) is 0 Å². The van der Waals surface area contributed by atoms with Crippen molar-refractivity contribution in [2.24, 2.45) is 0 Å². The molecule has 3 aromatic rings. The molecular weight excluding hydrogens is 224 g/mol. The molecule has 0 bridgehead atoms. The van der Waals surface area contributed by atoms with Crippen LogP contribution < -0.4 is 0 Å². The minimum Gasteiger partial charge on any atom is -0.289 e. The van der Waals surface area contributed by atoms with Crippen molar-refractivity contribution in [1.29, 1.82) is 0 Å². The van der Waals surface area contributed by atoms with Crippen LogP contribution >= 0.6 is 0 Å². The van der Waals surface area contributed by atoms with Gasteiger partial charge in [-0.15, -0.1) is 0 Å². The third-order valence-corrected chi connectivity index (χ3v) is 2.81. The van der Waals surface area contributed by atoms with E-state index in [2.05, 4.69) is 9.97 Å². The van der Waals surface area contributed by atoms with E-state index < -0.39 is 0 Å². The maximum Gasteiger partial charge on any atom is 0.195 e. The number of carbonyl (C=O) groups is 1. The zero-order chi connectivity index (χ0) is 12.4. The van der Waals surface area contributed by atoms with Gasteiger partial charge in [0, 0.05) is 35.1 Å². The number of ketones is 1. The van der Waals surface area contributed by atoms with E-state index in [1.54, 1.807) is 30.7 Å². The highest BCUT2D eigenvalue weighted by Gasteiger charge is 2.12. The molecule has 0 unspecified atom stereocenters. The number of fused-ring (bicyclic) bond motifs is 1. The summed E-state index contributed by atoms with van der Waals surface area (Å²) >= 11 is 0. The number of nitrogens with zero attached hydrogens (tertiary/aromatic N) is 2. The zero-order valence-corrected chi connectivity index (χ0v) is 9.58. The summed E-state index contributed by atoms with van der Waals surface area (Å²) in [6.45, 7) is 0. The zero-order valence-electron chi connectivity index (χ0n) is 9.58. The van der Waals surface area contributed by atoms with Gasteiger partial charge in [0.2, 0.25) is 0 Å². The molecule has 18 heavy (non-hydrogen) atoms. The summed E-state index contributed by atoms with van der Waals surface area (Å²) < 4.78 is 0. The third kappa shape index (κ3) is 1.76. The minimum absolute atomic E-state index is 0.0262. The van der Waals surface area contributed by atoms with Crippen LogP contribution in [0.15, 0.2) is 61.1 Å². The molecule has 2 heterocycles. The van der Waals surface area contributed by atoms with E-state index in [4.69, 9.17) is 0 Å². The highest BCUT2D eigenvalue weighted by molar-refractivity contribution is 6.15. The fourth-order valence-electron chi connectivity index (χ4n) is 1.95. The Morgan fingerprint density at radius 2 is 1.83 bits per heavy atom. The molecule has 0 amide bonds. The molecule has 0 radical (unpaired) electrons. The first kappa shape index (κ1) is 10.6. The van der Waals surface area contributed by atoms with Crippen LogP contribution in [-0.2, 0) is 0 Å². The topological polar surface area (TPSA) is 42.9 Å². The number of hydrogen-bond acceptors (Lipinski definition) is 3. The molecule has 0 saturated carbocycles. The molecule has 0 N–H and O–H groups in total. The Bertz CT molecular complexity index is 703. The van der Waals surface area contributed by atoms with Gasteiger partial charge < -0.3 is 0 Å². The average Bonchev–Trinajstić information content (AvgIpc) is 2.47. The molecule has 1 aromatic carbocycles. The largest absolute Gasteiger partial charge is 0.289 e. The lowest BCUT2D eigenvalue weighted by Gasteiger charge is -2.04. The van der Waals surface area contributed by atoms with Gasteiger partial charge in [0.1, 0.15) is 0 Å². The van der Waals surface area contributed by atoms with Crippen LogP contribution in [0.2, 0.25) is 0 Å². The van der Waals surface area contributed by atoms with Crippen molar-refractivity contribution in [3.63, 3.8) is 0 Å². The normalized spacial score (nSPS) is 10.4. The average molecular weight is 234 g/mol. The molecule has 3 heteroatoms. The second-order valence-corrected chi connectivity index (χ2v) is 3.95. The van der Waals surface area contributed by atoms with Crippen molar-refractivity contribution in [1.82, 2.24) is 9.97 Å². The molecule has 0 atom stereocenters. The van der Waals surface area contributed by atoms with Crippen molar-refractivity contribution in [2.75, 3.05) is 0 Å². The van der Waals surface area contributed by atoms with Crippen LogP contribution in [0.1, 0.15) is 15.9 Å². The fraction of sp³-hybridized carbons (Fsp3) is 0. The van der Waals surface area contributed by atoms with Gasteiger partial charge in [0.05, 0.1) is 5.52 Å². The van der Waals surface area contributed by atoms with E-state index in [-0.39, 0.29) is 5.78 Å². The smallest absolute Gasteiger partial charge is 0.195 e. The van der Waals surface area contributed by atoms with Gasteiger partial charge >= 0.3 is 0 Å². The Hall–Kier alpha value is -2.55. The quantitative estimate of drug-likeness (QED) is 0.640. The summed E-state index contributed by atoms with van der Waals surface area (Å²) in [7, 11) is 0. The van der Waals surface area contributed by atoms with Crippen molar-refractivity contribution in [3.05, 3.63) is 72.2 Å². The molecule has 0 aliphatic rings. The first-order chi connectivity index (χ1) is 8.86. The first-order valence-electron chi connectivity index (χ1n) is 5.65. The highest BCUT2D eigenvalue weighted by Crippen LogP contribution is 2.19. The van der Waals surface area contributed by atoms with Crippen molar-refractivity contribution in [3.8, 4) is 0 Å². The van der Waals surface area contributed by atoms with Gasteiger partial charge in [0.25, 0.3) is 0 Å². The predicted octanol–water partition coefficient (Wildman–Crippen LogP) is 2.86. The van der Waals surface area contributed by atoms with Gasteiger partial charge in [0.15, 0.2) is 5.78 Å².